The number of hydrogen-bond donors (Lipinski definition) is 0. The van der Waals surface area contributed by atoms with Crippen molar-refractivity contribution >= 4 is 6.08 Å². The number of carbonyl (C=O) groups excluding carboxylic acids is 1. The van der Waals surface area contributed by atoms with Crippen LogP contribution in [-0.2, 0) is 14.3 Å². The van der Waals surface area contributed by atoms with Gasteiger partial charge in [-0.05, 0) is 25.7 Å². The molecule has 0 aromatic heterocycles. The van der Waals surface area contributed by atoms with Crippen molar-refractivity contribution in [1.29, 1.82) is 0 Å². The summed E-state index contributed by atoms with van der Waals surface area (Å²) in [5, 5.41) is 0. The fraction of sp³-hybridized carbons (Fsp3) is 0.900. The molecule has 0 aromatic carbocycles. The molecule has 0 radical (unpaired) electrons. The molecule has 1 aliphatic heterocycles. The number of rotatable bonds is 5. The molecule has 4 heteroatoms. The van der Waals surface area contributed by atoms with E-state index in [1.54, 1.807) is 13.2 Å². The highest BCUT2D eigenvalue weighted by Crippen LogP contribution is 2.28. The van der Waals surface area contributed by atoms with Gasteiger partial charge in [-0.1, -0.05) is 0 Å². The molecule has 0 N–H and O–H groups in total. The second-order valence-electron chi connectivity index (χ2n) is 3.64. The van der Waals surface area contributed by atoms with Gasteiger partial charge in [0.1, 0.15) is 0 Å². The highest BCUT2D eigenvalue weighted by atomic mass is 16.5. The van der Waals surface area contributed by atoms with Gasteiger partial charge >= 0.3 is 0 Å². The maximum Gasteiger partial charge on any atom is 0.234 e. The number of hydrogen-bond acceptors (Lipinski definition) is 4. The number of nitrogens with zero attached hydrogens (tertiary/aromatic N) is 1. The number of isocyanates is 1. The Morgan fingerprint density at radius 3 is 3.00 bits per heavy atom. The van der Waals surface area contributed by atoms with E-state index in [1.807, 2.05) is 0 Å². The summed E-state index contributed by atoms with van der Waals surface area (Å²) < 4.78 is 10.9. The lowest BCUT2D eigenvalue weighted by molar-refractivity contribution is -0.118. The highest BCUT2D eigenvalue weighted by molar-refractivity contribution is 5.32. The highest BCUT2D eigenvalue weighted by Gasteiger charge is 2.32. The lowest BCUT2D eigenvalue weighted by Gasteiger charge is -2.36. The van der Waals surface area contributed by atoms with Crippen LogP contribution in [-0.4, -0.2) is 38.5 Å². The van der Waals surface area contributed by atoms with E-state index in [-0.39, 0.29) is 5.60 Å². The molecule has 0 bridgehead atoms. The van der Waals surface area contributed by atoms with Crippen molar-refractivity contribution in [3.63, 3.8) is 0 Å². The average molecular weight is 199 g/mol. The van der Waals surface area contributed by atoms with Crippen molar-refractivity contribution in [2.75, 3.05) is 26.9 Å². The molecule has 14 heavy (non-hydrogen) atoms. The van der Waals surface area contributed by atoms with Crippen LogP contribution in [0.5, 0.6) is 0 Å². The second-order valence-corrected chi connectivity index (χ2v) is 3.64. The van der Waals surface area contributed by atoms with E-state index < -0.39 is 0 Å². The summed E-state index contributed by atoms with van der Waals surface area (Å²) in [6.45, 7) is 1.85. The zero-order valence-corrected chi connectivity index (χ0v) is 8.62. The summed E-state index contributed by atoms with van der Waals surface area (Å²) in [5.41, 5.74) is -0.215. The fourth-order valence-corrected chi connectivity index (χ4v) is 1.86. The first-order valence-corrected chi connectivity index (χ1v) is 4.99. The van der Waals surface area contributed by atoms with E-state index in [1.165, 1.54) is 0 Å². The topological polar surface area (TPSA) is 47.9 Å². The van der Waals surface area contributed by atoms with Gasteiger partial charge in [0.25, 0.3) is 0 Å². The maximum atomic E-state index is 9.95. The average Bonchev–Trinajstić information content (AvgIpc) is 2.20. The molecule has 1 fully saturated rings. The van der Waals surface area contributed by atoms with Gasteiger partial charge in [-0.25, -0.2) is 9.79 Å². The van der Waals surface area contributed by atoms with Crippen LogP contribution in [0, 0.1) is 0 Å². The van der Waals surface area contributed by atoms with E-state index in [9.17, 15) is 4.79 Å². The quantitative estimate of drug-likeness (QED) is 0.495. The molecule has 0 amide bonds. The molecule has 80 valence electrons. The van der Waals surface area contributed by atoms with Gasteiger partial charge in [0, 0.05) is 13.7 Å². The van der Waals surface area contributed by atoms with Crippen LogP contribution in [0.15, 0.2) is 4.99 Å². The first kappa shape index (κ1) is 11.4. The Hall–Kier alpha value is -0.700. The molecule has 1 unspecified atom stereocenters. The summed E-state index contributed by atoms with van der Waals surface area (Å²) in [6, 6.07) is 0. The van der Waals surface area contributed by atoms with Crippen molar-refractivity contribution in [3.8, 4) is 0 Å². The van der Waals surface area contributed by atoms with Crippen LogP contribution < -0.4 is 0 Å². The Morgan fingerprint density at radius 2 is 2.43 bits per heavy atom. The summed E-state index contributed by atoms with van der Waals surface area (Å²) in [7, 11) is 1.67. The van der Waals surface area contributed by atoms with E-state index in [4.69, 9.17) is 9.47 Å². The van der Waals surface area contributed by atoms with Gasteiger partial charge < -0.3 is 9.47 Å². The predicted molar refractivity (Wildman–Crippen MR) is 52.0 cm³/mol. The first-order valence-electron chi connectivity index (χ1n) is 4.99. The predicted octanol–water partition coefficient (Wildman–Crippen LogP) is 1.30. The van der Waals surface area contributed by atoms with Crippen molar-refractivity contribution in [2.24, 2.45) is 4.99 Å². The van der Waals surface area contributed by atoms with E-state index >= 15 is 0 Å². The smallest absolute Gasteiger partial charge is 0.234 e. The third-order valence-corrected chi connectivity index (χ3v) is 2.59. The molecule has 4 nitrogen and oxygen atoms in total. The van der Waals surface area contributed by atoms with Gasteiger partial charge in [-0.15, -0.1) is 0 Å². The van der Waals surface area contributed by atoms with Crippen LogP contribution >= 0.6 is 0 Å². The second kappa shape index (κ2) is 5.91. The van der Waals surface area contributed by atoms with Crippen LogP contribution in [0.3, 0.4) is 0 Å². The van der Waals surface area contributed by atoms with Crippen molar-refractivity contribution < 1.29 is 14.3 Å². The Balaban J connectivity index is 2.46. The summed E-state index contributed by atoms with van der Waals surface area (Å²) in [5.74, 6) is 0. The Kier molecular flexibility index (Phi) is 4.80. The molecular formula is C10H17NO3. The molecule has 0 aliphatic carbocycles. The third kappa shape index (κ3) is 3.22. The molecule has 0 spiro atoms. The lowest BCUT2D eigenvalue weighted by Crippen LogP contribution is -2.41. The van der Waals surface area contributed by atoms with E-state index in [0.29, 0.717) is 13.2 Å². The third-order valence-electron chi connectivity index (χ3n) is 2.59. The minimum absolute atomic E-state index is 0.215. The normalized spacial score (nSPS) is 26.9. The van der Waals surface area contributed by atoms with Crippen molar-refractivity contribution in [1.82, 2.24) is 0 Å². The van der Waals surface area contributed by atoms with E-state index in [0.717, 1.165) is 32.3 Å². The monoisotopic (exact) mass is 199 g/mol. The summed E-state index contributed by atoms with van der Waals surface area (Å²) in [4.78, 5) is 13.5. The van der Waals surface area contributed by atoms with Crippen molar-refractivity contribution in [2.45, 2.75) is 31.3 Å². The first-order chi connectivity index (χ1) is 6.83. The molecule has 1 aliphatic rings. The molecular weight excluding hydrogens is 182 g/mol. The Labute approximate surface area is 84.3 Å². The lowest BCUT2D eigenvalue weighted by atomic mass is 9.91. The van der Waals surface area contributed by atoms with Gasteiger partial charge in [0.2, 0.25) is 6.08 Å². The largest absolute Gasteiger partial charge is 0.382 e. The fourth-order valence-electron chi connectivity index (χ4n) is 1.86. The van der Waals surface area contributed by atoms with Gasteiger partial charge in [-0.2, -0.15) is 0 Å². The Morgan fingerprint density at radius 1 is 1.57 bits per heavy atom. The molecule has 0 aromatic rings. The number of aliphatic imine (C=N–C) groups is 1. The van der Waals surface area contributed by atoms with E-state index in [2.05, 4.69) is 4.99 Å². The number of methoxy groups -OCH3 is 1. The molecule has 1 rings (SSSR count). The zero-order valence-electron chi connectivity index (χ0n) is 8.62. The van der Waals surface area contributed by atoms with Crippen LogP contribution in [0.4, 0.5) is 0 Å². The Bertz CT molecular complexity index is 200. The van der Waals surface area contributed by atoms with Gasteiger partial charge in [0.15, 0.2) is 0 Å². The van der Waals surface area contributed by atoms with Crippen molar-refractivity contribution in [3.05, 3.63) is 0 Å². The van der Waals surface area contributed by atoms with Crippen LogP contribution in [0.25, 0.3) is 0 Å². The minimum atomic E-state index is -0.215. The van der Waals surface area contributed by atoms with Gasteiger partial charge in [0.05, 0.1) is 18.8 Å². The SMILES string of the molecule is COCC1(CCN=C=O)CCCCO1. The minimum Gasteiger partial charge on any atom is -0.382 e. The molecule has 1 atom stereocenters. The van der Waals surface area contributed by atoms with Crippen LogP contribution in [0.1, 0.15) is 25.7 Å². The molecule has 1 heterocycles. The zero-order chi connectivity index (χ0) is 10.3. The summed E-state index contributed by atoms with van der Waals surface area (Å²) in [6.07, 6.45) is 5.56. The van der Waals surface area contributed by atoms with Crippen LogP contribution in [0.2, 0.25) is 0 Å². The van der Waals surface area contributed by atoms with Gasteiger partial charge in [-0.3, -0.25) is 0 Å². The number of ether oxygens (including phenoxy) is 2. The maximum absolute atomic E-state index is 9.95. The molecule has 0 saturated carbocycles. The summed E-state index contributed by atoms with van der Waals surface area (Å²) >= 11 is 0. The molecule has 1 saturated heterocycles. The standard InChI is InChI=1S/C10H17NO3/c1-13-8-10(5-6-11-9-12)4-2-3-7-14-10/h2-8H2,1H3.